The topological polar surface area (TPSA) is 90.9 Å². The smallest absolute Gasteiger partial charge is 0.255 e. The number of aliphatic hydroxyl groups is 1. The zero-order chi connectivity index (χ0) is 20.5. The van der Waals surface area contributed by atoms with E-state index >= 15 is 0 Å². The molecule has 2 aromatic carbocycles. The number of piperidine rings is 1. The summed E-state index contributed by atoms with van der Waals surface area (Å²) in [6, 6.07) is 9.37. The second kappa shape index (κ2) is 7.71. The Morgan fingerprint density at radius 1 is 1.31 bits per heavy atom. The molecule has 2 aromatic rings. The van der Waals surface area contributed by atoms with Gasteiger partial charge < -0.3 is 25.4 Å². The van der Waals surface area contributed by atoms with Gasteiger partial charge in [-0.05, 0) is 36.8 Å². The Morgan fingerprint density at radius 3 is 2.90 bits per heavy atom. The zero-order valence-electron chi connectivity index (χ0n) is 15.9. The van der Waals surface area contributed by atoms with Gasteiger partial charge in [-0.3, -0.25) is 9.59 Å². The van der Waals surface area contributed by atoms with Crippen LogP contribution in [0.2, 0.25) is 0 Å². The summed E-state index contributed by atoms with van der Waals surface area (Å²) in [4.78, 5) is 25.9. The molecule has 0 spiro atoms. The van der Waals surface area contributed by atoms with Crippen molar-refractivity contribution in [3.63, 3.8) is 0 Å². The number of halogens is 1. The molecule has 2 aliphatic rings. The normalized spacial score (nSPS) is 21.0. The first-order valence-corrected chi connectivity index (χ1v) is 9.47. The molecule has 0 saturated carbocycles. The maximum atomic E-state index is 14.1. The predicted molar refractivity (Wildman–Crippen MR) is 104 cm³/mol. The van der Waals surface area contributed by atoms with Crippen molar-refractivity contribution in [1.82, 2.24) is 10.2 Å². The number of anilines is 1. The Hall–Kier alpha value is -3.13. The molecular formula is C21H22FN3O4. The summed E-state index contributed by atoms with van der Waals surface area (Å²) >= 11 is 0. The van der Waals surface area contributed by atoms with Crippen molar-refractivity contribution in [3.05, 3.63) is 58.9 Å². The highest BCUT2D eigenvalue weighted by atomic mass is 19.1. The van der Waals surface area contributed by atoms with Gasteiger partial charge >= 0.3 is 0 Å². The van der Waals surface area contributed by atoms with Gasteiger partial charge in [-0.25, -0.2) is 4.39 Å². The van der Waals surface area contributed by atoms with Crippen molar-refractivity contribution < 1.29 is 23.8 Å². The molecular weight excluding hydrogens is 377 g/mol. The summed E-state index contributed by atoms with van der Waals surface area (Å²) in [7, 11) is 1.75. The number of amides is 2. The van der Waals surface area contributed by atoms with Crippen LogP contribution in [0.4, 0.5) is 10.1 Å². The lowest BCUT2D eigenvalue weighted by Crippen LogP contribution is -2.55. The monoisotopic (exact) mass is 399 g/mol. The van der Waals surface area contributed by atoms with Crippen molar-refractivity contribution in [2.24, 2.45) is 0 Å². The summed E-state index contributed by atoms with van der Waals surface area (Å²) in [6.45, 7) is 0.287. The van der Waals surface area contributed by atoms with Crippen LogP contribution >= 0.6 is 0 Å². The molecule has 2 amide bonds. The second-order valence-corrected chi connectivity index (χ2v) is 7.18. The highest BCUT2D eigenvalue weighted by Gasteiger charge is 2.40. The lowest BCUT2D eigenvalue weighted by atomic mass is 10.0. The zero-order valence-corrected chi connectivity index (χ0v) is 15.9. The van der Waals surface area contributed by atoms with Gasteiger partial charge in [0, 0.05) is 35.8 Å². The van der Waals surface area contributed by atoms with E-state index < -0.39 is 12.3 Å². The van der Waals surface area contributed by atoms with E-state index in [4.69, 9.17) is 4.74 Å². The lowest BCUT2D eigenvalue weighted by Gasteiger charge is -2.35. The quantitative estimate of drug-likeness (QED) is 0.716. The molecule has 2 heterocycles. The van der Waals surface area contributed by atoms with E-state index in [1.807, 2.05) is 0 Å². The minimum atomic E-state index is -1.10. The standard InChI is InChI=1S/C21H22FN3O4/c1-23-13-5-6-16(22)12(9-13)11-29-18-4-2-3-14-15(18)10-25(21(14)28)17-7-8-19(26)24-20(17)27/h2-6,9,17,20,23,27H,7-8,10-11H2,1H3,(H,24,26)/t17-,20?/m1/s1. The number of ether oxygens (including phenoxy) is 1. The minimum Gasteiger partial charge on any atom is -0.488 e. The number of hydrogen-bond acceptors (Lipinski definition) is 5. The van der Waals surface area contributed by atoms with Crippen molar-refractivity contribution >= 4 is 17.5 Å². The predicted octanol–water partition coefficient (Wildman–Crippen LogP) is 2.00. The maximum absolute atomic E-state index is 14.1. The Kier molecular flexibility index (Phi) is 5.10. The first-order valence-electron chi connectivity index (χ1n) is 9.47. The maximum Gasteiger partial charge on any atom is 0.255 e. The highest BCUT2D eigenvalue weighted by Crippen LogP contribution is 2.34. The molecule has 29 heavy (non-hydrogen) atoms. The molecule has 0 aliphatic carbocycles. The van der Waals surface area contributed by atoms with E-state index in [-0.39, 0.29) is 37.2 Å². The van der Waals surface area contributed by atoms with Gasteiger partial charge in [0.25, 0.3) is 5.91 Å². The molecule has 0 bridgehead atoms. The van der Waals surface area contributed by atoms with Crippen LogP contribution in [0, 0.1) is 5.82 Å². The fraction of sp³-hybridized carbons (Fsp3) is 0.333. The number of aliphatic hydroxyl groups excluding tert-OH is 1. The number of carbonyl (C=O) groups excluding carboxylic acids is 2. The van der Waals surface area contributed by atoms with Crippen molar-refractivity contribution in [3.8, 4) is 5.75 Å². The Bertz CT molecular complexity index is 965. The molecule has 0 aromatic heterocycles. The Morgan fingerprint density at radius 2 is 2.14 bits per heavy atom. The molecule has 2 aliphatic heterocycles. The molecule has 0 radical (unpaired) electrons. The summed E-state index contributed by atoms with van der Waals surface area (Å²) in [5, 5.41) is 15.6. The summed E-state index contributed by atoms with van der Waals surface area (Å²) < 4.78 is 20.0. The highest BCUT2D eigenvalue weighted by molar-refractivity contribution is 5.99. The summed E-state index contributed by atoms with van der Waals surface area (Å²) in [5.74, 6) is -0.306. The fourth-order valence-electron chi connectivity index (χ4n) is 3.82. The van der Waals surface area contributed by atoms with Gasteiger partial charge in [-0.15, -0.1) is 0 Å². The first kappa shape index (κ1) is 19.2. The number of hydrogen-bond donors (Lipinski definition) is 3. The van der Waals surface area contributed by atoms with E-state index in [1.165, 1.54) is 6.07 Å². The van der Waals surface area contributed by atoms with Crippen molar-refractivity contribution in [2.75, 3.05) is 12.4 Å². The second-order valence-electron chi connectivity index (χ2n) is 7.18. The SMILES string of the molecule is CNc1ccc(F)c(COc2cccc3c2CN([C@@H]2CCC(=O)NC2O)C3=O)c1. The molecule has 1 saturated heterocycles. The largest absolute Gasteiger partial charge is 0.488 e. The molecule has 1 unspecified atom stereocenters. The molecule has 8 heteroatoms. The van der Waals surface area contributed by atoms with E-state index in [0.717, 1.165) is 5.69 Å². The van der Waals surface area contributed by atoms with Crippen LogP contribution < -0.4 is 15.4 Å². The Balaban J connectivity index is 1.53. The van der Waals surface area contributed by atoms with E-state index in [1.54, 1.807) is 42.3 Å². The van der Waals surface area contributed by atoms with Gasteiger partial charge in [-0.2, -0.15) is 0 Å². The van der Waals surface area contributed by atoms with Crippen LogP contribution in [0.5, 0.6) is 5.75 Å². The number of fused-ring (bicyclic) bond motifs is 1. The lowest BCUT2D eigenvalue weighted by molar-refractivity contribution is -0.129. The molecule has 3 N–H and O–H groups in total. The van der Waals surface area contributed by atoms with Crippen LogP contribution in [0.3, 0.4) is 0 Å². The third-order valence-corrected chi connectivity index (χ3v) is 5.41. The van der Waals surface area contributed by atoms with Crippen LogP contribution in [0.25, 0.3) is 0 Å². The van der Waals surface area contributed by atoms with Crippen LogP contribution in [-0.2, 0) is 17.9 Å². The van der Waals surface area contributed by atoms with Crippen LogP contribution in [0.1, 0.15) is 34.3 Å². The Labute approximate surface area is 167 Å². The first-order chi connectivity index (χ1) is 14.0. The van der Waals surface area contributed by atoms with E-state index in [0.29, 0.717) is 28.9 Å². The van der Waals surface area contributed by atoms with Crippen LogP contribution in [-0.4, -0.2) is 41.1 Å². The number of nitrogens with zero attached hydrogens (tertiary/aromatic N) is 1. The van der Waals surface area contributed by atoms with Gasteiger partial charge in [0.2, 0.25) is 5.91 Å². The van der Waals surface area contributed by atoms with Crippen molar-refractivity contribution in [2.45, 2.75) is 38.3 Å². The fourth-order valence-corrected chi connectivity index (χ4v) is 3.82. The molecule has 1 fully saturated rings. The minimum absolute atomic E-state index is 0.0219. The van der Waals surface area contributed by atoms with Gasteiger partial charge in [0.1, 0.15) is 24.4 Å². The number of carbonyl (C=O) groups is 2. The molecule has 152 valence electrons. The number of rotatable bonds is 5. The average molecular weight is 399 g/mol. The van der Waals surface area contributed by atoms with Gasteiger partial charge in [-0.1, -0.05) is 6.07 Å². The molecule has 7 nitrogen and oxygen atoms in total. The van der Waals surface area contributed by atoms with E-state index in [2.05, 4.69) is 10.6 Å². The third kappa shape index (κ3) is 3.63. The number of nitrogens with one attached hydrogen (secondary N) is 2. The van der Waals surface area contributed by atoms with Crippen molar-refractivity contribution in [1.29, 1.82) is 0 Å². The number of benzene rings is 2. The van der Waals surface area contributed by atoms with Crippen LogP contribution in [0.15, 0.2) is 36.4 Å². The van der Waals surface area contributed by atoms with Gasteiger partial charge in [0.05, 0.1) is 12.6 Å². The third-order valence-electron chi connectivity index (χ3n) is 5.41. The molecule has 4 rings (SSSR count). The molecule has 2 atom stereocenters. The summed E-state index contributed by atoms with van der Waals surface area (Å²) in [5.41, 5.74) is 2.38. The average Bonchev–Trinajstić information content (AvgIpc) is 3.04. The van der Waals surface area contributed by atoms with Gasteiger partial charge in [0.15, 0.2) is 0 Å². The van der Waals surface area contributed by atoms with E-state index in [9.17, 15) is 19.1 Å². The summed E-state index contributed by atoms with van der Waals surface area (Å²) in [6.07, 6.45) is -0.450.